The molecule has 1 aliphatic heterocycles. The van der Waals surface area contributed by atoms with Gasteiger partial charge in [0.2, 0.25) is 0 Å². The molecule has 1 aliphatic rings. The van der Waals surface area contributed by atoms with Gasteiger partial charge in [-0.25, -0.2) is 4.90 Å². The number of phenolic OH excluding ortho intramolecular Hbond substituents is 2. The van der Waals surface area contributed by atoms with Crippen LogP contribution in [0.15, 0.2) is 47.4 Å². The lowest BCUT2D eigenvalue weighted by Crippen LogP contribution is -2.27. The fraction of sp³-hybridized carbons (Fsp3) is 0.111. The summed E-state index contributed by atoms with van der Waals surface area (Å²) in [4.78, 5) is 26.1. The lowest BCUT2D eigenvalue weighted by Gasteiger charge is -2.12. The fourth-order valence-corrected chi connectivity index (χ4v) is 3.19. The van der Waals surface area contributed by atoms with E-state index in [9.17, 15) is 19.8 Å². The molecule has 0 radical (unpaired) electrons. The van der Waals surface area contributed by atoms with Gasteiger partial charge in [-0.2, -0.15) is 0 Å². The molecule has 6 heteroatoms. The number of phenols is 2. The second kappa shape index (κ2) is 6.41. The van der Waals surface area contributed by atoms with E-state index < -0.39 is 5.91 Å². The van der Waals surface area contributed by atoms with E-state index in [-0.39, 0.29) is 21.6 Å². The Bertz CT molecular complexity index is 843. The first-order valence-electron chi connectivity index (χ1n) is 7.38. The minimum absolute atomic E-state index is 0.240. The Balaban J connectivity index is 1.90. The van der Waals surface area contributed by atoms with Crippen LogP contribution >= 0.6 is 11.8 Å². The molecule has 1 fully saturated rings. The van der Waals surface area contributed by atoms with Crippen molar-refractivity contribution in [3.05, 3.63) is 58.5 Å². The van der Waals surface area contributed by atoms with Crippen molar-refractivity contribution in [3.8, 4) is 11.5 Å². The van der Waals surface area contributed by atoms with Crippen molar-refractivity contribution in [1.29, 1.82) is 0 Å². The van der Waals surface area contributed by atoms with Crippen LogP contribution in [0.4, 0.5) is 10.5 Å². The molecular formula is C18H15NO4S. The van der Waals surface area contributed by atoms with Crippen molar-refractivity contribution in [2.45, 2.75) is 13.3 Å². The first kappa shape index (κ1) is 16.1. The number of thioether (sulfide) groups is 1. The molecule has 0 spiro atoms. The Morgan fingerprint density at radius 3 is 2.38 bits per heavy atom. The molecule has 1 saturated heterocycles. The molecule has 1 heterocycles. The smallest absolute Gasteiger partial charge is 0.298 e. The minimum Gasteiger partial charge on any atom is -0.504 e. The molecule has 0 saturated carbocycles. The van der Waals surface area contributed by atoms with Gasteiger partial charge in [-0.3, -0.25) is 9.59 Å². The molecule has 3 rings (SSSR count). The quantitative estimate of drug-likeness (QED) is 0.654. The number of carbonyl (C=O) groups excluding carboxylic acids is 2. The van der Waals surface area contributed by atoms with Gasteiger partial charge in [0.1, 0.15) is 0 Å². The molecular weight excluding hydrogens is 326 g/mol. The number of aryl methyl sites for hydroxylation is 1. The minimum atomic E-state index is -0.401. The molecule has 2 N–H and O–H groups in total. The monoisotopic (exact) mass is 341 g/mol. The molecule has 0 bridgehead atoms. The number of rotatable bonds is 3. The van der Waals surface area contributed by atoms with Gasteiger partial charge in [-0.1, -0.05) is 25.1 Å². The molecule has 2 aromatic rings. The van der Waals surface area contributed by atoms with Crippen LogP contribution in [0.3, 0.4) is 0 Å². The third-order valence-electron chi connectivity index (χ3n) is 3.69. The lowest BCUT2D eigenvalue weighted by molar-refractivity contribution is -0.113. The highest BCUT2D eigenvalue weighted by Gasteiger charge is 2.36. The fourth-order valence-electron chi connectivity index (χ4n) is 2.35. The Morgan fingerprint density at radius 1 is 1.04 bits per heavy atom. The molecule has 122 valence electrons. The topological polar surface area (TPSA) is 77.8 Å². The van der Waals surface area contributed by atoms with Gasteiger partial charge in [0.05, 0.1) is 10.6 Å². The number of hydrogen-bond acceptors (Lipinski definition) is 5. The maximum absolute atomic E-state index is 12.5. The SMILES string of the molecule is CCc1ccc(N2C(=O)S/C(=C\c3ccc(O)c(O)c3)C2=O)cc1. The van der Waals surface area contributed by atoms with E-state index in [2.05, 4.69) is 0 Å². The second-order valence-electron chi connectivity index (χ2n) is 5.29. The maximum Gasteiger partial charge on any atom is 0.298 e. The van der Waals surface area contributed by atoms with Crippen molar-refractivity contribution in [2.75, 3.05) is 4.90 Å². The molecule has 5 nitrogen and oxygen atoms in total. The van der Waals surface area contributed by atoms with Gasteiger partial charge < -0.3 is 10.2 Å². The number of aromatic hydroxyl groups is 2. The van der Waals surface area contributed by atoms with Gasteiger partial charge in [0.15, 0.2) is 11.5 Å². The largest absolute Gasteiger partial charge is 0.504 e. The summed E-state index contributed by atoms with van der Waals surface area (Å²) in [6, 6.07) is 11.5. The zero-order chi connectivity index (χ0) is 17.3. The third-order valence-corrected chi connectivity index (χ3v) is 4.56. The van der Waals surface area contributed by atoms with Crippen LogP contribution in [0.25, 0.3) is 6.08 Å². The van der Waals surface area contributed by atoms with Crippen molar-refractivity contribution < 1.29 is 19.8 Å². The first-order chi connectivity index (χ1) is 11.5. The first-order valence-corrected chi connectivity index (χ1v) is 8.20. The number of imide groups is 1. The highest BCUT2D eigenvalue weighted by atomic mass is 32.2. The summed E-state index contributed by atoms with van der Waals surface area (Å²) in [7, 11) is 0. The van der Waals surface area contributed by atoms with Crippen molar-refractivity contribution in [3.63, 3.8) is 0 Å². The number of amides is 2. The predicted molar refractivity (Wildman–Crippen MR) is 94.0 cm³/mol. The zero-order valence-electron chi connectivity index (χ0n) is 12.9. The Kier molecular flexibility index (Phi) is 4.31. The molecule has 2 amide bonds. The highest BCUT2D eigenvalue weighted by molar-refractivity contribution is 8.19. The summed E-state index contributed by atoms with van der Waals surface area (Å²) in [5, 5.41) is 18.5. The van der Waals surface area contributed by atoms with E-state index >= 15 is 0 Å². The average molecular weight is 341 g/mol. The van der Waals surface area contributed by atoms with Crippen LogP contribution in [0.5, 0.6) is 11.5 Å². The number of nitrogens with zero attached hydrogens (tertiary/aromatic N) is 1. The van der Waals surface area contributed by atoms with E-state index in [1.54, 1.807) is 18.2 Å². The summed E-state index contributed by atoms with van der Waals surface area (Å²) >= 11 is 0.846. The van der Waals surface area contributed by atoms with Crippen LogP contribution in [0, 0.1) is 0 Å². The summed E-state index contributed by atoms with van der Waals surface area (Å²) in [6.07, 6.45) is 2.40. The molecule has 0 aromatic heterocycles. The molecule has 24 heavy (non-hydrogen) atoms. The predicted octanol–water partition coefficient (Wildman–Crippen LogP) is 3.90. The van der Waals surface area contributed by atoms with Crippen LogP contribution in [0.1, 0.15) is 18.1 Å². The second-order valence-corrected chi connectivity index (χ2v) is 6.28. The maximum atomic E-state index is 12.5. The molecule has 0 aliphatic carbocycles. The van der Waals surface area contributed by atoms with Gasteiger partial charge in [-0.15, -0.1) is 0 Å². The van der Waals surface area contributed by atoms with Gasteiger partial charge in [0.25, 0.3) is 11.1 Å². The Morgan fingerprint density at radius 2 is 1.75 bits per heavy atom. The molecule has 2 aromatic carbocycles. The summed E-state index contributed by atoms with van der Waals surface area (Å²) in [5.41, 5.74) is 2.18. The van der Waals surface area contributed by atoms with Gasteiger partial charge >= 0.3 is 0 Å². The zero-order valence-corrected chi connectivity index (χ0v) is 13.7. The number of benzene rings is 2. The van der Waals surface area contributed by atoms with Gasteiger partial charge in [0, 0.05) is 0 Å². The van der Waals surface area contributed by atoms with Crippen molar-refractivity contribution in [2.24, 2.45) is 0 Å². The van der Waals surface area contributed by atoms with E-state index in [0.717, 1.165) is 28.6 Å². The number of hydrogen-bond donors (Lipinski definition) is 2. The molecule has 0 unspecified atom stereocenters. The van der Waals surface area contributed by atoms with E-state index in [0.29, 0.717) is 11.3 Å². The van der Waals surface area contributed by atoms with E-state index in [1.807, 2.05) is 19.1 Å². The lowest BCUT2D eigenvalue weighted by atomic mass is 10.1. The highest BCUT2D eigenvalue weighted by Crippen LogP contribution is 2.36. The number of carbonyl (C=O) groups is 2. The summed E-state index contributed by atoms with van der Waals surface area (Å²) in [6.45, 7) is 2.03. The molecule has 0 atom stereocenters. The van der Waals surface area contributed by atoms with Crippen molar-refractivity contribution >= 4 is 34.7 Å². The van der Waals surface area contributed by atoms with E-state index in [1.165, 1.54) is 18.2 Å². The standard InChI is InChI=1S/C18H15NO4S/c1-2-11-3-6-13(7-4-11)19-17(22)16(24-18(19)23)10-12-5-8-14(20)15(21)9-12/h3-10,20-21H,2H2,1H3/b16-10-. The normalized spacial score (nSPS) is 16.2. The van der Waals surface area contributed by atoms with Crippen LogP contribution in [0.2, 0.25) is 0 Å². The van der Waals surface area contributed by atoms with Crippen LogP contribution in [-0.4, -0.2) is 21.4 Å². The number of anilines is 1. The Hall–Kier alpha value is -2.73. The van der Waals surface area contributed by atoms with Crippen LogP contribution < -0.4 is 4.90 Å². The summed E-state index contributed by atoms with van der Waals surface area (Å²) in [5.74, 6) is -0.920. The van der Waals surface area contributed by atoms with Crippen LogP contribution in [-0.2, 0) is 11.2 Å². The van der Waals surface area contributed by atoms with E-state index in [4.69, 9.17) is 0 Å². The summed E-state index contributed by atoms with van der Waals surface area (Å²) < 4.78 is 0. The van der Waals surface area contributed by atoms with Crippen molar-refractivity contribution in [1.82, 2.24) is 0 Å². The average Bonchev–Trinajstić information content (AvgIpc) is 2.85. The van der Waals surface area contributed by atoms with Gasteiger partial charge in [-0.05, 0) is 59.7 Å². The third kappa shape index (κ3) is 3.00. The Labute approximate surface area is 143 Å².